The Morgan fingerprint density at radius 1 is 1.21 bits per heavy atom. The van der Waals surface area contributed by atoms with Crippen molar-refractivity contribution in [2.75, 3.05) is 26.8 Å². The molecule has 1 saturated carbocycles. The molecule has 1 saturated heterocycles. The molecule has 110 valence electrons. The number of hydrogen-bond acceptors (Lipinski definition) is 2. The molecule has 1 heterocycles. The molecular formula is C15H28N2O2. The van der Waals surface area contributed by atoms with Crippen molar-refractivity contribution in [2.24, 2.45) is 5.92 Å². The van der Waals surface area contributed by atoms with Crippen molar-refractivity contribution < 1.29 is 9.53 Å². The first-order chi connectivity index (χ1) is 9.33. The summed E-state index contributed by atoms with van der Waals surface area (Å²) in [7, 11) is 1.73. The minimum atomic E-state index is 0.170. The third-order valence-corrected chi connectivity index (χ3v) is 4.56. The van der Waals surface area contributed by atoms with Crippen LogP contribution in [0.25, 0.3) is 0 Å². The fourth-order valence-corrected chi connectivity index (χ4v) is 3.55. The number of nitrogens with one attached hydrogen (secondary N) is 1. The van der Waals surface area contributed by atoms with E-state index in [4.69, 9.17) is 4.74 Å². The van der Waals surface area contributed by atoms with Gasteiger partial charge in [0.25, 0.3) is 0 Å². The minimum absolute atomic E-state index is 0.170. The fourth-order valence-electron chi connectivity index (χ4n) is 3.55. The van der Waals surface area contributed by atoms with Crippen LogP contribution in [0.2, 0.25) is 0 Å². The number of urea groups is 1. The van der Waals surface area contributed by atoms with Gasteiger partial charge < -0.3 is 15.0 Å². The Morgan fingerprint density at radius 2 is 2.05 bits per heavy atom. The van der Waals surface area contributed by atoms with E-state index in [1.807, 2.05) is 0 Å². The SMILES string of the molecule is COCCCCCNC(=O)N1CCC[C@@H]2CCC[C@@H]21. The largest absolute Gasteiger partial charge is 0.385 e. The number of carbonyl (C=O) groups is 1. The summed E-state index contributed by atoms with van der Waals surface area (Å²) in [5.74, 6) is 0.779. The van der Waals surface area contributed by atoms with E-state index in [9.17, 15) is 4.79 Å². The highest BCUT2D eigenvalue weighted by Crippen LogP contribution is 2.36. The minimum Gasteiger partial charge on any atom is -0.385 e. The number of fused-ring (bicyclic) bond motifs is 1. The molecule has 0 aromatic carbocycles. The molecule has 0 bridgehead atoms. The van der Waals surface area contributed by atoms with Gasteiger partial charge in [0.05, 0.1) is 0 Å². The van der Waals surface area contributed by atoms with E-state index < -0.39 is 0 Å². The van der Waals surface area contributed by atoms with Crippen molar-refractivity contribution in [3.05, 3.63) is 0 Å². The van der Waals surface area contributed by atoms with Crippen LogP contribution in [0.15, 0.2) is 0 Å². The number of carbonyl (C=O) groups excluding carboxylic acids is 1. The number of rotatable bonds is 6. The zero-order chi connectivity index (χ0) is 13.5. The van der Waals surface area contributed by atoms with Crippen LogP contribution in [0.1, 0.15) is 51.4 Å². The molecule has 0 aromatic heterocycles. The quantitative estimate of drug-likeness (QED) is 0.753. The number of hydrogen-bond donors (Lipinski definition) is 1. The Morgan fingerprint density at radius 3 is 2.89 bits per heavy atom. The summed E-state index contributed by atoms with van der Waals surface area (Å²) >= 11 is 0. The second kappa shape index (κ2) is 7.73. The molecule has 2 aliphatic rings. The fraction of sp³-hybridized carbons (Fsp3) is 0.933. The molecule has 2 fully saturated rings. The zero-order valence-electron chi connectivity index (χ0n) is 12.2. The van der Waals surface area contributed by atoms with E-state index in [1.165, 1.54) is 32.1 Å². The first kappa shape index (κ1) is 14.6. The summed E-state index contributed by atoms with van der Waals surface area (Å²) in [6.07, 6.45) is 9.61. The Bertz CT molecular complexity index is 283. The lowest BCUT2D eigenvalue weighted by atomic mass is 9.92. The Kier molecular flexibility index (Phi) is 5.95. The Balaban J connectivity index is 1.65. The highest BCUT2D eigenvalue weighted by molar-refractivity contribution is 5.74. The van der Waals surface area contributed by atoms with Crippen molar-refractivity contribution in [2.45, 2.75) is 57.4 Å². The number of methoxy groups -OCH3 is 1. The van der Waals surface area contributed by atoms with Gasteiger partial charge in [0, 0.05) is 32.8 Å². The second-order valence-corrected chi connectivity index (χ2v) is 5.88. The molecule has 4 heteroatoms. The van der Waals surface area contributed by atoms with Crippen LogP contribution in [0.4, 0.5) is 4.79 Å². The van der Waals surface area contributed by atoms with E-state index in [-0.39, 0.29) is 6.03 Å². The third kappa shape index (κ3) is 4.10. The average molecular weight is 268 g/mol. The molecule has 2 amide bonds. The molecule has 1 aliphatic carbocycles. The van der Waals surface area contributed by atoms with E-state index in [1.54, 1.807) is 7.11 Å². The predicted octanol–water partition coefficient (Wildman–Crippen LogP) is 2.78. The molecule has 2 atom stereocenters. The molecule has 0 radical (unpaired) electrons. The highest BCUT2D eigenvalue weighted by Gasteiger charge is 2.37. The smallest absolute Gasteiger partial charge is 0.317 e. The van der Waals surface area contributed by atoms with E-state index in [2.05, 4.69) is 10.2 Å². The molecule has 0 aromatic rings. The topological polar surface area (TPSA) is 41.6 Å². The third-order valence-electron chi connectivity index (χ3n) is 4.56. The van der Waals surface area contributed by atoms with Crippen molar-refractivity contribution in [1.82, 2.24) is 10.2 Å². The molecule has 4 nitrogen and oxygen atoms in total. The van der Waals surface area contributed by atoms with E-state index >= 15 is 0 Å². The van der Waals surface area contributed by atoms with Crippen LogP contribution >= 0.6 is 0 Å². The number of ether oxygens (including phenoxy) is 1. The van der Waals surface area contributed by atoms with Crippen LogP contribution in [0.3, 0.4) is 0 Å². The van der Waals surface area contributed by atoms with Crippen LogP contribution in [-0.2, 0) is 4.74 Å². The molecule has 0 unspecified atom stereocenters. The Labute approximate surface area is 116 Å². The summed E-state index contributed by atoms with van der Waals surface area (Å²) in [6.45, 7) is 2.58. The predicted molar refractivity (Wildman–Crippen MR) is 76.2 cm³/mol. The second-order valence-electron chi connectivity index (χ2n) is 5.88. The van der Waals surface area contributed by atoms with Gasteiger partial charge in [-0.05, 0) is 50.9 Å². The molecular weight excluding hydrogens is 240 g/mol. The number of likely N-dealkylation sites (tertiary alicyclic amines) is 1. The lowest BCUT2D eigenvalue weighted by Gasteiger charge is -2.37. The summed E-state index contributed by atoms with van der Waals surface area (Å²) in [6, 6.07) is 0.700. The lowest BCUT2D eigenvalue weighted by Crippen LogP contribution is -2.50. The Hall–Kier alpha value is -0.770. The van der Waals surface area contributed by atoms with Gasteiger partial charge in [0.15, 0.2) is 0 Å². The van der Waals surface area contributed by atoms with Crippen LogP contribution in [0.5, 0.6) is 0 Å². The van der Waals surface area contributed by atoms with Crippen LogP contribution in [-0.4, -0.2) is 43.8 Å². The molecule has 2 rings (SSSR count). The molecule has 1 N–H and O–H groups in total. The van der Waals surface area contributed by atoms with Gasteiger partial charge in [-0.2, -0.15) is 0 Å². The van der Waals surface area contributed by atoms with Crippen molar-refractivity contribution in [3.8, 4) is 0 Å². The summed E-state index contributed by atoms with van der Waals surface area (Å²) in [4.78, 5) is 14.3. The molecule has 19 heavy (non-hydrogen) atoms. The van der Waals surface area contributed by atoms with Gasteiger partial charge in [-0.3, -0.25) is 0 Å². The highest BCUT2D eigenvalue weighted by atomic mass is 16.5. The maximum Gasteiger partial charge on any atom is 0.317 e. The first-order valence-corrected chi connectivity index (χ1v) is 7.86. The van der Waals surface area contributed by atoms with E-state index in [0.717, 1.165) is 44.9 Å². The van der Waals surface area contributed by atoms with E-state index in [0.29, 0.717) is 6.04 Å². The van der Waals surface area contributed by atoms with Gasteiger partial charge >= 0.3 is 6.03 Å². The summed E-state index contributed by atoms with van der Waals surface area (Å²) in [5, 5.41) is 3.09. The average Bonchev–Trinajstić information content (AvgIpc) is 2.90. The van der Waals surface area contributed by atoms with Gasteiger partial charge in [-0.25, -0.2) is 4.79 Å². The number of piperidine rings is 1. The monoisotopic (exact) mass is 268 g/mol. The van der Waals surface area contributed by atoms with Crippen LogP contribution < -0.4 is 5.32 Å². The first-order valence-electron chi connectivity index (χ1n) is 7.86. The number of nitrogens with zero attached hydrogens (tertiary/aromatic N) is 1. The van der Waals surface area contributed by atoms with Gasteiger partial charge in [0.2, 0.25) is 0 Å². The molecule has 0 spiro atoms. The van der Waals surface area contributed by atoms with Crippen molar-refractivity contribution in [3.63, 3.8) is 0 Å². The molecule has 1 aliphatic heterocycles. The van der Waals surface area contributed by atoms with Crippen molar-refractivity contribution >= 4 is 6.03 Å². The summed E-state index contributed by atoms with van der Waals surface area (Å²) < 4.78 is 5.02. The number of amides is 2. The van der Waals surface area contributed by atoms with Gasteiger partial charge in [-0.15, -0.1) is 0 Å². The zero-order valence-corrected chi connectivity index (χ0v) is 12.2. The number of unbranched alkanes of at least 4 members (excludes halogenated alkanes) is 2. The standard InChI is InChI=1S/C15H28N2O2/c1-19-12-4-2-3-10-16-15(18)17-11-6-8-13-7-5-9-14(13)17/h13-14H,2-12H2,1H3,(H,16,18)/t13-,14-/m0/s1. The lowest BCUT2D eigenvalue weighted by molar-refractivity contribution is 0.128. The van der Waals surface area contributed by atoms with Crippen LogP contribution in [0, 0.1) is 5.92 Å². The van der Waals surface area contributed by atoms with Gasteiger partial charge in [-0.1, -0.05) is 6.42 Å². The summed E-state index contributed by atoms with van der Waals surface area (Å²) in [5.41, 5.74) is 0. The van der Waals surface area contributed by atoms with Crippen molar-refractivity contribution in [1.29, 1.82) is 0 Å². The maximum atomic E-state index is 12.2. The normalized spacial score (nSPS) is 26.3. The van der Waals surface area contributed by atoms with Gasteiger partial charge in [0.1, 0.15) is 0 Å². The maximum absolute atomic E-state index is 12.2.